The topological polar surface area (TPSA) is 96.4 Å². The summed E-state index contributed by atoms with van der Waals surface area (Å²) in [6, 6.07) is -1.12. The average Bonchev–Trinajstić information content (AvgIpc) is 2.07. The van der Waals surface area contributed by atoms with E-state index < -0.39 is 29.5 Å². The van der Waals surface area contributed by atoms with E-state index in [0.29, 0.717) is 0 Å². The van der Waals surface area contributed by atoms with E-state index in [0.717, 1.165) is 0 Å². The average molecular weight is 156 g/mol. The molecule has 0 aromatic carbocycles. The lowest BCUT2D eigenvalue weighted by atomic mass is 10.3. The summed E-state index contributed by atoms with van der Waals surface area (Å²) in [5.74, 6) is -2.72. The number of aromatic nitrogens is 1. The van der Waals surface area contributed by atoms with Gasteiger partial charge < -0.3 is 15.9 Å². The zero-order valence-corrected chi connectivity index (χ0v) is 5.33. The Morgan fingerprint density at radius 3 is 2.91 bits per heavy atom. The van der Waals surface area contributed by atoms with Gasteiger partial charge in [0.15, 0.2) is 5.69 Å². The van der Waals surface area contributed by atoms with Crippen LogP contribution in [0.2, 0.25) is 0 Å². The Labute approximate surface area is 64.9 Å². The van der Waals surface area contributed by atoms with Gasteiger partial charge in [0, 0.05) is 0 Å². The molecule has 1 heterocycles. The summed E-state index contributed by atoms with van der Waals surface area (Å²) in [5, 5.41) is 17.5. The standard InChI is InChI=1S/C6H6N2O3/c7-4-2-1-3(9)5(8-4)6(10)11/h1-2,9H,(H2,7,8)(H,10,11)/i1D,2D. The van der Waals surface area contributed by atoms with Gasteiger partial charge in [-0.15, -0.1) is 0 Å². The quantitative estimate of drug-likeness (QED) is 0.534. The van der Waals surface area contributed by atoms with Crippen molar-refractivity contribution in [3.8, 4) is 5.75 Å². The van der Waals surface area contributed by atoms with E-state index in [1.54, 1.807) is 0 Å². The van der Waals surface area contributed by atoms with Gasteiger partial charge in [-0.2, -0.15) is 0 Å². The van der Waals surface area contributed by atoms with Gasteiger partial charge in [0.25, 0.3) is 0 Å². The van der Waals surface area contributed by atoms with Crippen molar-refractivity contribution >= 4 is 11.8 Å². The first-order valence-corrected chi connectivity index (χ1v) is 2.64. The molecule has 0 unspecified atom stereocenters. The molecule has 1 aromatic heterocycles. The summed E-state index contributed by atoms with van der Waals surface area (Å²) in [5.41, 5.74) is 4.43. The lowest BCUT2D eigenvalue weighted by molar-refractivity contribution is 0.0687. The first kappa shape index (κ1) is 4.95. The molecule has 0 spiro atoms. The Bertz CT molecular complexity index is 381. The number of carbonyl (C=O) groups is 1. The SMILES string of the molecule is [2H]c1c(N)nc(C(=O)O)c(O)c1[2H]. The summed E-state index contributed by atoms with van der Waals surface area (Å²) in [4.78, 5) is 13.7. The molecule has 4 N–H and O–H groups in total. The Morgan fingerprint density at radius 1 is 1.73 bits per heavy atom. The van der Waals surface area contributed by atoms with Crippen LogP contribution in [0.1, 0.15) is 13.2 Å². The summed E-state index contributed by atoms with van der Waals surface area (Å²) in [6.07, 6.45) is 0. The molecule has 58 valence electrons. The molecule has 0 atom stereocenters. The summed E-state index contributed by atoms with van der Waals surface area (Å²) in [7, 11) is 0. The zero-order chi connectivity index (χ0) is 10.2. The van der Waals surface area contributed by atoms with Crippen LogP contribution in [0, 0.1) is 0 Å². The lowest BCUT2D eigenvalue weighted by Crippen LogP contribution is -2.02. The highest BCUT2D eigenvalue weighted by molar-refractivity contribution is 5.88. The van der Waals surface area contributed by atoms with E-state index in [1.165, 1.54) is 0 Å². The molecule has 11 heavy (non-hydrogen) atoms. The number of hydrogen-bond acceptors (Lipinski definition) is 4. The third-order valence-corrected chi connectivity index (χ3v) is 0.968. The minimum atomic E-state index is -1.49. The van der Waals surface area contributed by atoms with Crippen LogP contribution < -0.4 is 5.73 Å². The number of hydrogen-bond donors (Lipinski definition) is 3. The number of anilines is 1. The molecule has 0 radical (unpaired) electrons. The largest absolute Gasteiger partial charge is 0.505 e. The smallest absolute Gasteiger partial charge is 0.358 e. The Hall–Kier alpha value is -1.78. The third kappa shape index (κ3) is 1.37. The molecule has 5 heteroatoms. The van der Waals surface area contributed by atoms with Crippen molar-refractivity contribution in [2.75, 3.05) is 5.73 Å². The molecular weight excluding hydrogens is 148 g/mol. The number of carboxylic acids is 1. The van der Waals surface area contributed by atoms with E-state index in [2.05, 4.69) is 4.98 Å². The normalized spacial score (nSPS) is 12.0. The molecule has 0 saturated carbocycles. The predicted octanol–water partition coefficient (Wildman–Crippen LogP) is 0.0676. The summed E-state index contributed by atoms with van der Waals surface area (Å²) >= 11 is 0. The van der Waals surface area contributed by atoms with Crippen molar-refractivity contribution < 1.29 is 17.7 Å². The van der Waals surface area contributed by atoms with Crippen LogP contribution >= 0.6 is 0 Å². The highest BCUT2D eigenvalue weighted by atomic mass is 16.4. The van der Waals surface area contributed by atoms with Crippen LogP contribution in [0.5, 0.6) is 5.75 Å². The minimum Gasteiger partial charge on any atom is -0.505 e. The van der Waals surface area contributed by atoms with Crippen molar-refractivity contribution in [3.05, 3.63) is 17.8 Å². The monoisotopic (exact) mass is 156 g/mol. The molecule has 1 aromatic rings. The lowest BCUT2D eigenvalue weighted by Gasteiger charge is -1.97. The molecule has 0 amide bonds. The zero-order valence-electron chi connectivity index (χ0n) is 7.33. The summed E-state index contributed by atoms with van der Waals surface area (Å²) in [6.45, 7) is 0. The Kier molecular flexibility index (Phi) is 1.10. The second-order valence-electron chi connectivity index (χ2n) is 1.75. The van der Waals surface area contributed by atoms with E-state index in [9.17, 15) is 4.79 Å². The Balaban J connectivity index is 3.50. The van der Waals surface area contributed by atoms with Gasteiger partial charge >= 0.3 is 5.97 Å². The number of aromatic hydroxyl groups is 1. The molecule has 0 saturated heterocycles. The van der Waals surface area contributed by atoms with Gasteiger partial charge in [0.1, 0.15) is 11.6 Å². The molecule has 1 rings (SSSR count). The predicted molar refractivity (Wildman–Crippen MR) is 37.3 cm³/mol. The van der Waals surface area contributed by atoms with Crippen molar-refractivity contribution in [1.82, 2.24) is 4.98 Å². The number of nitrogens with zero attached hydrogens (tertiary/aromatic N) is 1. The van der Waals surface area contributed by atoms with Crippen molar-refractivity contribution in [3.63, 3.8) is 0 Å². The second kappa shape index (κ2) is 2.45. The van der Waals surface area contributed by atoms with Gasteiger partial charge in [0.2, 0.25) is 0 Å². The fourth-order valence-corrected chi connectivity index (χ4v) is 0.533. The molecule has 0 fully saturated rings. The highest BCUT2D eigenvalue weighted by Crippen LogP contribution is 2.14. The van der Waals surface area contributed by atoms with Crippen LogP contribution in [0.15, 0.2) is 12.1 Å². The highest BCUT2D eigenvalue weighted by Gasteiger charge is 2.10. The number of nitrogen functional groups attached to an aromatic ring is 1. The van der Waals surface area contributed by atoms with Crippen molar-refractivity contribution in [1.29, 1.82) is 0 Å². The minimum absolute atomic E-state index is 0.389. The number of aromatic carboxylic acids is 1. The summed E-state index contributed by atoms with van der Waals surface area (Å²) < 4.78 is 14.2. The van der Waals surface area contributed by atoms with Gasteiger partial charge in [0.05, 0.1) is 2.74 Å². The van der Waals surface area contributed by atoms with Crippen LogP contribution in [0.3, 0.4) is 0 Å². The maximum atomic E-state index is 10.4. The fraction of sp³-hybridized carbons (Fsp3) is 0. The number of carboxylic acid groups (broad SMARTS) is 1. The first-order valence-electron chi connectivity index (χ1n) is 3.64. The molecule has 0 aliphatic rings. The molecule has 0 aliphatic heterocycles. The van der Waals surface area contributed by atoms with Crippen molar-refractivity contribution in [2.45, 2.75) is 0 Å². The van der Waals surface area contributed by atoms with E-state index >= 15 is 0 Å². The molecular formula is C6H6N2O3. The fourth-order valence-electron chi connectivity index (χ4n) is 0.533. The van der Waals surface area contributed by atoms with Crippen molar-refractivity contribution in [2.24, 2.45) is 0 Å². The van der Waals surface area contributed by atoms with E-state index in [4.69, 9.17) is 18.7 Å². The molecule has 0 aliphatic carbocycles. The van der Waals surface area contributed by atoms with Gasteiger partial charge in [-0.1, -0.05) is 0 Å². The van der Waals surface area contributed by atoms with E-state index in [1.807, 2.05) is 0 Å². The van der Waals surface area contributed by atoms with Crippen LogP contribution in [-0.2, 0) is 0 Å². The maximum absolute atomic E-state index is 10.4. The van der Waals surface area contributed by atoms with Gasteiger partial charge in [-0.25, -0.2) is 9.78 Å². The van der Waals surface area contributed by atoms with Gasteiger partial charge in [-0.05, 0) is 12.1 Å². The Morgan fingerprint density at radius 2 is 2.36 bits per heavy atom. The number of pyridine rings is 1. The van der Waals surface area contributed by atoms with Crippen LogP contribution in [-0.4, -0.2) is 21.2 Å². The first-order chi connectivity index (χ1) is 5.95. The van der Waals surface area contributed by atoms with Crippen LogP contribution in [0.4, 0.5) is 5.82 Å². The van der Waals surface area contributed by atoms with E-state index in [-0.39, 0.29) is 5.82 Å². The number of rotatable bonds is 1. The molecule has 5 nitrogen and oxygen atoms in total. The third-order valence-electron chi connectivity index (χ3n) is 0.968. The molecule has 0 bridgehead atoms. The van der Waals surface area contributed by atoms with Crippen LogP contribution in [0.25, 0.3) is 0 Å². The second-order valence-corrected chi connectivity index (χ2v) is 1.75. The van der Waals surface area contributed by atoms with Gasteiger partial charge in [-0.3, -0.25) is 0 Å². The number of nitrogens with two attached hydrogens (primary N) is 1. The maximum Gasteiger partial charge on any atom is 0.358 e.